The molecule has 0 bridgehead atoms. The Balaban J connectivity index is 2.01. The highest BCUT2D eigenvalue weighted by Crippen LogP contribution is 2.32. The lowest BCUT2D eigenvalue weighted by atomic mass is 9.98. The van der Waals surface area contributed by atoms with Crippen LogP contribution >= 0.6 is 43.2 Å². The van der Waals surface area contributed by atoms with Gasteiger partial charge in [-0.25, -0.2) is 4.98 Å². The third-order valence-electron chi connectivity index (χ3n) is 3.10. The smallest absolute Gasteiger partial charge is 0.137 e. The fourth-order valence-electron chi connectivity index (χ4n) is 2.03. The molecule has 1 aromatic heterocycles. The van der Waals surface area contributed by atoms with Gasteiger partial charge in [-0.3, -0.25) is 0 Å². The molecule has 0 aliphatic heterocycles. The standard InChI is InChI=1S/C16H20Br2N2OS/c1-16(2,3)15-20-12(9-22-15)8-19-7-10-5-11(17)6-13(18)14(10)21-4/h5-6,9,19H,7-8H2,1-4H3. The molecule has 0 aliphatic rings. The summed E-state index contributed by atoms with van der Waals surface area (Å²) in [5.74, 6) is 0.865. The Hall–Kier alpha value is -0.430. The van der Waals surface area contributed by atoms with E-state index in [1.54, 1.807) is 18.4 Å². The molecule has 0 spiro atoms. The molecule has 0 radical (unpaired) electrons. The zero-order valence-corrected chi connectivity index (χ0v) is 17.2. The van der Waals surface area contributed by atoms with Gasteiger partial charge in [-0.05, 0) is 28.1 Å². The first-order valence-corrected chi connectivity index (χ1v) is 9.45. The van der Waals surface area contributed by atoms with E-state index in [1.165, 1.54) is 5.01 Å². The fourth-order valence-corrected chi connectivity index (χ4v) is 4.41. The van der Waals surface area contributed by atoms with Crippen molar-refractivity contribution >= 4 is 43.2 Å². The average Bonchev–Trinajstić information content (AvgIpc) is 2.87. The quantitative estimate of drug-likeness (QED) is 0.678. The fraction of sp³-hybridized carbons (Fsp3) is 0.438. The number of hydrogen-bond acceptors (Lipinski definition) is 4. The van der Waals surface area contributed by atoms with Crippen molar-refractivity contribution in [3.63, 3.8) is 0 Å². The van der Waals surface area contributed by atoms with Crippen LogP contribution in [-0.2, 0) is 18.5 Å². The van der Waals surface area contributed by atoms with Gasteiger partial charge in [0.05, 0.1) is 22.3 Å². The van der Waals surface area contributed by atoms with Crippen molar-refractivity contribution in [2.24, 2.45) is 0 Å². The van der Waals surface area contributed by atoms with E-state index in [1.807, 2.05) is 6.07 Å². The van der Waals surface area contributed by atoms with Crippen LogP contribution < -0.4 is 10.1 Å². The van der Waals surface area contributed by atoms with Crippen LogP contribution in [0.15, 0.2) is 26.5 Å². The number of hydrogen-bond donors (Lipinski definition) is 1. The van der Waals surface area contributed by atoms with E-state index in [0.29, 0.717) is 0 Å². The van der Waals surface area contributed by atoms with Crippen LogP contribution in [0.2, 0.25) is 0 Å². The van der Waals surface area contributed by atoms with E-state index < -0.39 is 0 Å². The maximum Gasteiger partial charge on any atom is 0.137 e. The lowest BCUT2D eigenvalue weighted by Gasteiger charge is -2.14. The molecule has 3 nitrogen and oxygen atoms in total. The first-order chi connectivity index (χ1) is 10.3. The molecule has 1 heterocycles. The third-order valence-corrected chi connectivity index (χ3v) is 5.47. The zero-order valence-electron chi connectivity index (χ0n) is 13.2. The number of nitrogens with zero attached hydrogens (tertiary/aromatic N) is 1. The molecular weight excluding hydrogens is 428 g/mol. The molecule has 0 amide bonds. The molecule has 22 heavy (non-hydrogen) atoms. The molecular formula is C16H20Br2N2OS. The molecule has 1 aromatic carbocycles. The Kier molecular flexibility index (Phi) is 6.05. The highest BCUT2D eigenvalue weighted by molar-refractivity contribution is 9.11. The molecule has 120 valence electrons. The Morgan fingerprint density at radius 1 is 1.23 bits per heavy atom. The monoisotopic (exact) mass is 446 g/mol. The second-order valence-corrected chi connectivity index (χ2v) is 8.71. The molecule has 1 N–H and O–H groups in total. The van der Waals surface area contributed by atoms with Crippen molar-refractivity contribution in [3.05, 3.63) is 42.7 Å². The van der Waals surface area contributed by atoms with Crippen LogP contribution in [0.1, 0.15) is 37.0 Å². The number of aromatic nitrogens is 1. The number of ether oxygens (including phenoxy) is 1. The third kappa shape index (κ3) is 4.54. The number of halogens is 2. The van der Waals surface area contributed by atoms with Crippen LogP contribution in [-0.4, -0.2) is 12.1 Å². The number of nitrogens with one attached hydrogen (secondary N) is 1. The van der Waals surface area contributed by atoms with Crippen molar-refractivity contribution in [3.8, 4) is 5.75 Å². The summed E-state index contributed by atoms with van der Waals surface area (Å²) in [5.41, 5.74) is 2.30. The lowest BCUT2D eigenvalue weighted by molar-refractivity contribution is 0.405. The van der Waals surface area contributed by atoms with Gasteiger partial charge in [0.25, 0.3) is 0 Å². The summed E-state index contributed by atoms with van der Waals surface area (Å²) in [6.07, 6.45) is 0. The molecule has 0 atom stereocenters. The van der Waals surface area contributed by atoms with Gasteiger partial charge >= 0.3 is 0 Å². The Morgan fingerprint density at radius 3 is 2.55 bits per heavy atom. The van der Waals surface area contributed by atoms with Gasteiger partial charge in [-0.2, -0.15) is 0 Å². The molecule has 0 aliphatic carbocycles. The summed E-state index contributed by atoms with van der Waals surface area (Å²) in [6.45, 7) is 8.04. The van der Waals surface area contributed by atoms with Gasteiger partial charge in [0.1, 0.15) is 5.75 Å². The Bertz CT molecular complexity index is 650. The highest BCUT2D eigenvalue weighted by Gasteiger charge is 2.17. The highest BCUT2D eigenvalue weighted by atomic mass is 79.9. The number of thiazole rings is 1. The van der Waals surface area contributed by atoms with Gasteiger partial charge in [0.15, 0.2) is 0 Å². The summed E-state index contributed by atoms with van der Waals surface area (Å²) >= 11 is 8.77. The van der Waals surface area contributed by atoms with Crippen LogP contribution in [0.3, 0.4) is 0 Å². The van der Waals surface area contributed by atoms with Gasteiger partial charge < -0.3 is 10.1 Å². The van der Waals surface area contributed by atoms with Crippen molar-refractivity contribution < 1.29 is 4.74 Å². The summed E-state index contributed by atoms with van der Waals surface area (Å²) < 4.78 is 7.44. The predicted octanol–water partition coefficient (Wildman–Crippen LogP) is 5.26. The van der Waals surface area contributed by atoms with Crippen molar-refractivity contribution in [1.29, 1.82) is 0 Å². The first kappa shape index (κ1) is 17.9. The molecule has 0 fully saturated rings. The van der Waals surface area contributed by atoms with E-state index in [0.717, 1.165) is 39.0 Å². The lowest BCUT2D eigenvalue weighted by Crippen LogP contribution is -2.15. The minimum Gasteiger partial charge on any atom is -0.495 e. The molecule has 2 aromatic rings. The van der Waals surface area contributed by atoms with Crippen molar-refractivity contribution in [2.45, 2.75) is 39.3 Å². The zero-order chi connectivity index (χ0) is 16.3. The minimum atomic E-state index is 0.112. The maximum atomic E-state index is 5.46. The van der Waals surface area contributed by atoms with Gasteiger partial charge in [-0.15, -0.1) is 11.3 Å². The minimum absolute atomic E-state index is 0.112. The number of rotatable bonds is 5. The van der Waals surface area contributed by atoms with Crippen LogP contribution in [0.25, 0.3) is 0 Å². The largest absolute Gasteiger partial charge is 0.495 e. The van der Waals surface area contributed by atoms with E-state index >= 15 is 0 Å². The van der Waals surface area contributed by atoms with E-state index in [2.05, 4.69) is 69.4 Å². The van der Waals surface area contributed by atoms with Crippen LogP contribution in [0.4, 0.5) is 0 Å². The van der Waals surface area contributed by atoms with Gasteiger partial charge in [0, 0.05) is 33.9 Å². The molecule has 0 saturated carbocycles. The summed E-state index contributed by atoms with van der Waals surface area (Å²) in [4.78, 5) is 4.70. The van der Waals surface area contributed by atoms with Gasteiger partial charge in [-0.1, -0.05) is 36.7 Å². The second-order valence-electron chi connectivity index (χ2n) is 6.08. The van der Waals surface area contributed by atoms with Crippen molar-refractivity contribution in [1.82, 2.24) is 10.3 Å². The summed E-state index contributed by atoms with van der Waals surface area (Å²) in [6, 6.07) is 4.05. The second kappa shape index (κ2) is 7.43. The van der Waals surface area contributed by atoms with E-state index in [9.17, 15) is 0 Å². The molecule has 0 saturated heterocycles. The molecule has 6 heteroatoms. The topological polar surface area (TPSA) is 34.1 Å². The normalized spacial score (nSPS) is 11.7. The van der Waals surface area contributed by atoms with Gasteiger partial charge in [0.2, 0.25) is 0 Å². The number of methoxy groups -OCH3 is 1. The Labute approximate surface area is 152 Å². The molecule has 2 rings (SSSR count). The predicted molar refractivity (Wildman–Crippen MR) is 99.8 cm³/mol. The van der Waals surface area contributed by atoms with Crippen molar-refractivity contribution in [2.75, 3.05) is 7.11 Å². The summed E-state index contributed by atoms with van der Waals surface area (Å²) in [7, 11) is 1.69. The first-order valence-electron chi connectivity index (χ1n) is 6.98. The average molecular weight is 448 g/mol. The Morgan fingerprint density at radius 2 is 1.95 bits per heavy atom. The summed E-state index contributed by atoms with van der Waals surface area (Å²) in [5, 5.41) is 6.73. The molecule has 0 unspecified atom stereocenters. The van der Waals surface area contributed by atoms with E-state index in [-0.39, 0.29) is 5.41 Å². The van der Waals surface area contributed by atoms with Crippen LogP contribution in [0.5, 0.6) is 5.75 Å². The van der Waals surface area contributed by atoms with Crippen LogP contribution in [0, 0.1) is 0 Å². The SMILES string of the molecule is COc1c(Br)cc(Br)cc1CNCc1csc(C(C)(C)C)n1. The maximum absolute atomic E-state index is 5.46. The number of benzene rings is 1. The van der Waals surface area contributed by atoms with E-state index in [4.69, 9.17) is 9.72 Å².